The molecule has 2 aliphatic heterocycles. The van der Waals surface area contributed by atoms with E-state index in [-0.39, 0.29) is 29.1 Å². The molecular weight excluding hydrogens is 666 g/mol. The number of anilines is 2. The number of imide groups is 1. The van der Waals surface area contributed by atoms with Crippen molar-refractivity contribution in [3.05, 3.63) is 108 Å². The van der Waals surface area contributed by atoms with Crippen LogP contribution in [0.4, 0.5) is 11.4 Å². The molecule has 3 aromatic carbocycles. The van der Waals surface area contributed by atoms with Crippen molar-refractivity contribution >= 4 is 84.1 Å². The normalized spacial score (nSPS) is 20.1. The summed E-state index contributed by atoms with van der Waals surface area (Å²) >= 11 is 9.15. The Morgan fingerprint density at radius 2 is 1.62 bits per heavy atom. The monoisotopic (exact) mass is 683 g/mol. The zero-order valence-corrected chi connectivity index (χ0v) is 24.8. The SMILES string of the molecule is O=C(Cn1c2c(sc1=O)[C@@H](c1cccc(Br)c1)[C@@H]1C(=O)N(c3ccc(Br)cc3)C(=O)[C@@H]1S2)Nc1ccccc1. The Hall–Kier alpha value is -2.99. The van der Waals surface area contributed by atoms with Gasteiger partial charge in [-0.1, -0.05) is 85.3 Å². The summed E-state index contributed by atoms with van der Waals surface area (Å²) in [4.78, 5) is 55.5. The second kappa shape index (κ2) is 10.5. The molecular formula is C28H19Br2N3O4S2. The van der Waals surface area contributed by atoms with Crippen LogP contribution in [0, 0.1) is 5.92 Å². The number of carbonyl (C=O) groups excluding carboxylic acids is 3. The van der Waals surface area contributed by atoms with Gasteiger partial charge in [0.15, 0.2) is 0 Å². The number of rotatable bonds is 5. The molecule has 7 nitrogen and oxygen atoms in total. The van der Waals surface area contributed by atoms with Gasteiger partial charge in [-0.15, -0.1) is 0 Å². The third-order valence-corrected chi connectivity index (χ3v) is 10.3. The molecule has 0 radical (unpaired) electrons. The van der Waals surface area contributed by atoms with E-state index in [0.717, 1.165) is 25.8 Å². The Balaban J connectivity index is 1.42. The average molecular weight is 685 g/mol. The Bertz CT molecular complexity index is 1670. The Morgan fingerprint density at radius 3 is 2.33 bits per heavy atom. The molecule has 3 heterocycles. The number of nitrogens with one attached hydrogen (secondary N) is 1. The summed E-state index contributed by atoms with van der Waals surface area (Å²) in [5.74, 6) is -2.20. The summed E-state index contributed by atoms with van der Waals surface area (Å²) in [7, 11) is 0. The van der Waals surface area contributed by atoms with Crippen molar-refractivity contribution in [3.8, 4) is 0 Å². The lowest BCUT2D eigenvalue weighted by Gasteiger charge is -2.30. The third-order valence-electron chi connectivity index (χ3n) is 6.70. The number of thiazole rings is 1. The van der Waals surface area contributed by atoms with E-state index in [2.05, 4.69) is 37.2 Å². The Labute approximate surface area is 248 Å². The van der Waals surface area contributed by atoms with Crippen LogP contribution in [0.2, 0.25) is 0 Å². The molecule has 1 saturated heterocycles. The van der Waals surface area contributed by atoms with E-state index >= 15 is 0 Å². The summed E-state index contributed by atoms with van der Waals surface area (Å²) in [5.41, 5.74) is 1.95. The third kappa shape index (κ3) is 4.82. The molecule has 0 spiro atoms. The van der Waals surface area contributed by atoms with E-state index < -0.39 is 17.1 Å². The van der Waals surface area contributed by atoms with Crippen molar-refractivity contribution in [2.45, 2.75) is 22.7 Å². The number of fused-ring (bicyclic) bond motifs is 2. The number of carbonyl (C=O) groups is 3. The number of halogens is 2. The fraction of sp³-hybridized carbons (Fsp3) is 0.143. The smallest absolute Gasteiger partial charge is 0.308 e. The van der Waals surface area contributed by atoms with E-state index in [0.29, 0.717) is 21.3 Å². The van der Waals surface area contributed by atoms with Gasteiger partial charge in [-0.2, -0.15) is 0 Å². The van der Waals surface area contributed by atoms with Crippen LogP contribution in [0.1, 0.15) is 16.4 Å². The highest BCUT2D eigenvalue weighted by Crippen LogP contribution is 2.54. The van der Waals surface area contributed by atoms with E-state index in [1.54, 1.807) is 36.4 Å². The summed E-state index contributed by atoms with van der Waals surface area (Å²) in [6, 6.07) is 23.6. The largest absolute Gasteiger partial charge is 0.325 e. The minimum absolute atomic E-state index is 0.201. The van der Waals surface area contributed by atoms with Gasteiger partial charge in [0.2, 0.25) is 17.7 Å². The molecule has 0 aliphatic carbocycles. The molecule has 11 heteroatoms. The van der Waals surface area contributed by atoms with E-state index in [1.165, 1.54) is 21.2 Å². The summed E-state index contributed by atoms with van der Waals surface area (Å²) in [5, 5.41) is 2.63. The van der Waals surface area contributed by atoms with Gasteiger partial charge < -0.3 is 5.32 Å². The first-order valence-corrected chi connectivity index (χ1v) is 15.2. The first-order valence-electron chi connectivity index (χ1n) is 12.0. The van der Waals surface area contributed by atoms with Crippen LogP contribution in [0.15, 0.2) is 97.6 Å². The molecule has 0 unspecified atom stereocenters. The summed E-state index contributed by atoms with van der Waals surface area (Å²) in [6.07, 6.45) is 0. The number of hydrogen-bond donors (Lipinski definition) is 1. The maximum atomic E-state index is 13.9. The molecule has 196 valence electrons. The van der Waals surface area contributed by atoms with Crippen LogP contribution in [-0.2, 0) is 20.9 Å². The van der Waals surface area contributed by atoms with Gasteiger partial charge in [0, 0.05) is 25.4 Å². The topological polar surface area (TPSA) is 88.5 Å². The van der Waals surface area contributed by atoms with Gasteiger partial charge in [-0.3, -0.25) is 23.7 Å². The molecule has 1 fully saturated rings. The second-order valence-electron chi connectivity index (χ2n) is 9.12. The predicted octanol–water partition coefficient (Wildman–Crippen LogP) is 5.87. The summed E-state index contributed by atoms with van der Waals surface area (Å²) < 4.78 is 3.08. The highest BCUT2D eigenvalue weighted by Gasteiger charge is 2.56. The Kier molecular flexibility index (Phi) is 7.09. The van der Waals surface area contributed by atoms with Crippen LogP contribution in [-0.4, -0.2) is 27.5 Å². The first kappa shape index (κ1) is 26.2. The van der Waals surface area contributed by atoms with Gasteiger partial charge >= 0.3 is 4.87 Å². The van der Waals surface area contributed by atoms with E-state index in [4.69, 9.17) is 0 Å². The minimum atomic E-state index is -0.741. The standard InChI is InChI=1S/C28H19Br2N3O4S2/c29-16-9-11-19(12-10-16)33-25(35)22-21(15-5-4-6-17(30)13-15)24-27(38-23(22)26(33)36)32(28(37)39-24)14-20(34)31-18-7-2-1-3-8-18/h1-13,21-23H,14H2,(H,31,34)/t21-,22-,23+/m0/s1. The number of thioether (sulfide) groups is 1. The number of para-hydroxylation sites is 1. The lowest BCUT2D eigenvalue weighted by atomic mass is 9.83. The first-order chi connectivity index (χ1) is 18.8. The predicted molar refractivity (Wildman–Crippen MR) is 159 cm³/mol. The lowest BCUT2D eigenvalue weighted by molar-refractivity contribution is -0.122. The number of aromatic nitrogens is 1. The van der Waals surface area contributed by atoms with Gasteiger partial charge in [0.05, 0.1) is 16.6 Å². The molecule has 0 bridgehead atoms. The molecule has 1 aromatic heterocycles. The fourth-order valence-corrected chi connectivity index (χ4v) is 8.48. The second-order valence-corrected chi connectivity index (χ2v) is 13.1. The van der Waals surface area contributed by atoms with Crippen LogP contribution in [0.3, 0.4) is 0 Å². The highest BCUT2D eigenvalue weighted by molar-refractivity contribution is 9.10. The van der Waals surface area contributed by atoms with Gasteiger partial charge in [0.1, 0.15) is 11.8 Å². The molecule has 4 aromatic rings. The maximum Gasteiger partial charge on any atom is 0.308 e. The average Bonchev–Trinajstić information content (AvgIpc) is 3.36. The van der Waals surface area contributed by atoms with Crippen LogP contribution >= 0.6 is 55.0 Å². The Morgan fingerprint density at radius 1 is 0.872 bits per heavy atom. The van der Waals surface area contributed by atoms with Gasteiger partial charge in [-0.25, -0.2) is 4.90 Å². The quantitative estimate of drug-likeness (QED) is 0.266. The van der Waals surface area contributed by atoms with Crippen LogP contribution < -0.4 is 15.1 Å². The highest BCUT2D eigenvalue weighted by atomic mass is 79.9. The van der Waals surface area contributed by atoms with Gasteiger partial charge in [-0.05, 0) is 54.1 Å². The van der Waals surface area contributed by atoms with Crippen molar-refractivity contribution in [1.82, 2.24) is 4.57 Å². The molecule has 1 N–H and O–H groups in total. The molecule has 39 heavy (non-hydrogen) atoms. The van der Waals surface area contributed by atoms with Crippen molar-refractivity contribution in [1.29, 1.82) is 0 Å². The van der Waals surface area contributed by atoms with E-state index in [9.17, 15) is 19.2 Å². The van der Waals surface area contributed by atoms with Crippen molar-refractivity contribution in [3.63, 3.8) is 0 Å². The maximum absolute atomic E-state index is 13.9. The number of amides is 3. The molecule has 0 saturated carbocycles. The number of hydrogen-bond acceptors (Lipinski definition) is 6. The lowest BCUT2D eigenvalue weighted by Crippen LogP contribution is -2.33. The minimum Gasteiger partial charge on any atom is -0.325 e. The molecule has 3 amide bonds. The number of nitrogens with zero attached hydrogens (tertiary/aromatic N) is 2. The summed E-state index contributed by atoms with van der Waals surface area (Å²) in [6.45, 7) is -0.201. The molecule has 6 rings (SSSR count). The zero-order valence-electron chi connectivity index (χ0n) is 20.0. The fourth-order valence-electron chi connectivity index (χ4n) is 5.02. The van der Waals surface area contributed by atoms with E-state index in [1.807, 2.05) is 42.5 Å². The van der Waals surface area contributed by atoms with Crippen LogP contribution in [0.5, 0.6) is 0 Å². The zero-order chi connectivity index (χ0) is 27.3. The van der Waals surface area contributed by atoms with Crippen molar-refractivity contribution in [2.75, 3.05) is 10.2 Å². The van der Waals surface area contributed by atoms with Gasteiger partial charge in [0.25, 0.3) is 0 Å². The molecule has 3 atom stereocenters. The van der Waals surface area contributed by atoms with Crippen molar-refractivity contribution < 1.29 is 14.4 Å². The number of benzene rings is 3. The molecule has 2 aliphatic rings. The van der Waals surface area contributed by atoms with Crippen LogP contribution in [0.25, 0.3) is 0 Å². The van der Waals surface area contributed by atoms with Crippen molar-refractivity contribution in [2.24, 2.45) is 5.92 Å².